The molecule has 0 aromatic heterocycles. The van der Waals surface area contributed by atoms with Crippen LogP contribution in [-0.2, 0) is 0 Å². The Labute approximate surface area is 66.1 Å². The van der Waals surface area contributed by atoms with Crippen LogP contribution in [0.2, 0.25) is 0 Å². The summed E-state index contributed by atoms with van der Waals surface area (Å²) in [6.07, 6.45) is 1.15. The van der Waals surface area contributed by atoms with Crippen LogP contribution in [0.15, 0.2) is 12.2 Å². The highest BCUT2D eigenvalue weighted by molar-refractivity contribution is 7.34. The lowest BCUT2D eigenvalue weighted by Gasteiger charge is -2.07. The predicted molar refractivity (Wildman–Crippen MR) is 50.8 cm³/mol. The van der Waals surface area contributed by atoms with Crippen molar-refractivity contribution in [2.75, 3.05) is 13.2 Å². The molecule has 60 valence electrons. The third-order valence-electron chi connectivity index (χ3n) is 1.21. The van der Waals surface area contributed by atoms with Crippen LogP contribution in [0.4, 0.5) is 0 Å². The van der Waals surface area contributed by atoms with Crippen molar-refractivity contribution in [2.24, 2.45) is 5.92 Å². The Morgan fingerprint density at radius 1 is 1.60 bits per heavy atom. The van der Waals surface area contributed by atoms with Gasteiger partial charge in [0.25, 0.3) is 0 Å². The van der Waals surface area contributed by atoms with Gasteiger partial charge < -0.3 is 0 Å². The summed E-state index contributed by atoms with van der Waals surface area (Å²) in [5.41, 5.74) is 1.32. The molecule has 1 N–H and O–H groups in total. The average molecular weight is 159 g/mol. The lowest BCUT2D eigenvalue weighted by molar-refractivity contribution is 0.634. The highest BCUT2D eigenvalue weighted by Crippen LogP contribution is 2.08. The maximum Gasteiger partial charge on any atom is 0.0196 e. The molecule has 0 radical (unpaired) electrons. The first kappa shape index (κ1) is 10.1. The Hall–Kier alpha value is 0.130. The van der Waals surface area contributed by atoms with Gasteiger partial charge in [0, 0.05) is 6.54 Å². The van der Waals surface area contributed by atoms with Crippen molar-refractivity contribution in [3.8, 4) is 0 Å². The first-order valence-corrected chi connectivity index (χ1v) is 5.23. The van der Waals surface area contributed by atoms with Gasteiger partial charge in [0.05, 0.1) is 0 Å². The molecule has 0 aliphatic rings. The number of hydrogen-bond donors (Lipinski definition) is 1. The van der Waals surface area contributed by atoms with Crippen molar-refractivity contribution in [1.82, 2.24) is 5.09 Å². The zero-order valence-corrected chi connectivity index (χ0v) is 8.20. The first-order valence-electron chi connectivity index (χ1n) is 3.73. The van der Waals surface area contributed by atoms with Gasteiger partial charge in [-0.05, 0) is 19.0 Å². The van der Waals surface area contributed by atoms with E-state index in [4.69, 9.17) is 0 Å². The standard InChI is InChI=1S/C8H18NP/c1-7(2)5-8(3)6-9-10-4/h7,9-10H,3,5-6H2,1-2,4H3. The van der Waals surface area contributed by atoms with Gasteiger partial charge in [-0.25, -0.2) is 0 Å². The Balaban J connectivity index is 3.26. The number of hydrogen-bond acceptors (Lipinski definition) is 1. The Bertz CT molecular complexity index is 99.4. The molecular formula is C8H18NP. The average Bonchev–Trinajstić information content (AvgIpc) is 1.82. The molecule has 0 saturated carbocycles. The summed E-state index contributed by atoms with van der Waals surface area (Å²) in [5.74, 6) is 0.745. The van der Waals surface area contributed by atoms with Crippen LogP contribution >= 0.6 is 8.73 Å². The molecule has 1 nitrogen and oxygen atoms in total. The Morgan fingerprint density at radius 3 is 2.60 bits per heavy atom. The third-order valence-corrected chi connectivity index (χ3v) is 1.74. The van der Waals surface area contributed by atoms with Crippen LogP contribution in [-0.4, -0.2) is 13.2 Å². The van der Waals surface area contributed by atoms with Crippen LogP contribution in [0.5, 0.6) is 0 Å². The third kappa shape index (κ3) is 6.25. The molecule has 2 heteroatoms. The summed E-state index contributed by atoms with van der Waals surface area (Å²) in [6.45, 7) is 11.6. The van der Waals surface area contributed by atoms with Gasteiger partial charge in [0.2, 0.25) is 0 Å². The Kier molecular flexibility index (Phi) is 5.96. The zero-order chi connectivity index (χ0) is 7.98. The molecule has 10 heavy (non-hydrogen) atoms. The van der Waals surface area contributed by atoms with Crippen molar-refractivity contribution in [2.45, 2.75) is 20.3 Å². The van der Waals surface area contributed by atoms with E-state index in [0.717, 1.165) is 27.6 Å². The fourth-order valence-electron chi connectivity index (χ4n) is 0.863. The van der Waals surface area contributed by atoms with Crippen molar-refractivity contribution in [3.05, 3.63) is 12.2 Å². The highest BCUT2D eigenvalue weighted by atomic mass is 31.1. The molecule has 0 fully saturated rings. The zero-order valence-electron chi connectivity index (χ0n) is 7.20. The molecule has 0 aromatic carbocycles. The second kappa shape index (κ2) is 5.88. The molecule has 0 saturated heterocycles. The van der Waals surface area contributed by atoms with E-state index in [9.17, 15) is 0 Å². The Morgan fingerprint density at radius 2 is 2.20 bits per heavy atom. The minimum absolute atomic E-state index is 0.745. The molecule has 1 atom stereocenters. The molecule has 0 aliphatic heterocycles. The second-order valence-corrected chi connectivity index (χ2v) is 3.81. The lowest BCUT2D eigenvalue weighted by Crippen LogP contribution is -2.07. The minimum Gasteiger partial charge on any atom is -0.294 e. The van der Waals surface area contributed by atoms with E-state index in [2.05, 4.69) is 32.2 Å². The largest absolute Gasteiger partial charge is 0.294 e. The molecule has 0 amide bonds. The van der Waals surface area contributed by atoms with Gasteiger partial charge in [-0.15, -0.1) is 0 Å². The molecule has 0 aromatic rings. The van der Waals surface area contributed by atoms with Gasteiger partial charge in [-0.2, -0.15) is 0 Å². The van der Waals surface area contributed by atoms with Gasteiger partial charge in [0.15, 0.2) is 0 Å². The monoisotopic (exact) mass is 159 g/mol. The lowest BCUT2D eigenvalue weighted by atomic mass is 10.1. The normalized spacial score (nSPS) is 11.6. The topological polar surface area (TPSA) is 12.0 Å². The van der Waals surface area contributed by atoms with Crippen molar-refractivity contribution >= 4 is 8.73 Å². The number of nitrogens with one attached hydrogen (secondary N) is 1. The van der Waals surface area contributed by atoms with Crippen LogP contribution in [0.1, 0.15) is 20.3 Å². The fourth-order valence-corrected chi connectivity index (χ4v) is 1.29. The maximum absolute atomic E-state index is 3.97. The van der Waals surface area contributed by atoms with E-state index in [1.807, 2.05) is 0 Å². The van der Waals surface area contributed by atoms with Gasteiger partial charge in [-0.3, -0.25) is 5.09 Å². The molecule has 0 bridgehead atoms. The molecule has 0 aliphatic carbocycles. The fraction of sp³-hybridized carbons (Fsp3) is 0.750. The van der Waals surface area contributed by atoms with E-state index in [0.29, 0.717) is 0 Å². The molecule has 1 unspecified atom stereocenters. The number of rotatable bonds is 5. The summed E-state index contributed by atoms with van der Waals surface area (Å²) in [4.78, 5) is 0. The SMILES string of the molecule is C=C(CNPC)CC(C)C. The van der Waals surface area contributed by atoms with Crippen LogP contribution in [0.3, 0.4) is 0 Å². The van der Waals surface area contributed by atoms with E-state index in [-0.39, 0.29) is 0 Å². The second-order valence-electron chi connectivity index (χ2n) is 2.95. The molecule has 0 spiro atoms. The quantitative estimate of drug-likeness (QED) is 0.479. The molecular weight excluding hydrogens is 141 g/mol. The van der Waals surface area contributed by atoms with E-state index in [1.54, 1.807) is 0 Å². The van der Waals surface area contributed by atoms with Crippen LogP contribution in [0.25, 0.3) is 0 Å². The van der Waals surface area contributed by atoms with Gasteiger partial charge in [-0.1, -0.05) is 34.7 Å². The highest BCUT2D eigenvalue weighted by Gasteiger charge is 1.96. The molecule has 0 heterocycles. The maximum atomic E-state index is 3.97. The molecule has 0 rings (SSSR count). The summed E-state index contributed by atoms with van der Waals surface area (Å²) in [5, 5.41) is 3.28. The van der Waals surface area contributed by atoms with Gasteiger partial charge in [0.1, 0.15) is 0 Å². The summed E-state index contributed by atoms with van der Waals surface area (Å²) >= 11 is 0. The summed E-state index contributed by atoms with van der Waals surface area (Å²) in [7, 11) is 0.836. The van der Waals surface area contributed by atoms with Crippen LogP contribution < -0.4 is 5.09 Å². The minimum atomic E-state index is 0.745. The predicted octanol–water partition coefficient (Wildman–Crippen LogP) is 2.40. The summed E-state index contributed by atoms with van der Waals surface area (Å²) in [6, 6.07) is 0. The van der Waals surface area contributed by atoms with Crippen molar-refractivity contribution in [1.29, 1.82) is 0 Å². The van der Waals surface area contributed by atoms with E-state index < -0.39 is 0 Å². The summed E-state index contributed by atoms with van der Waals surface area (Å²) < 4.78 is 0. The van der Waals surface area contributed by atoms with E-state index >= 15 is 0 Å². The van der Waals surface area contributed by atoms with Crippen molar-refractivity contribution in [3.63, 3.8) is 0 Å². The first-order chi connectivity index (χ1) is 4.66. The van der Waals surface area contributed by atoms with Crippen molar-refractivity contribution < 1.29 is 0 Å². The van der Waals surface area contributed by atoms with Crippen LogP contribution in [0, 0.1) is 5.92 Å². The smallest absolute Gasteiger partial charge is 0.0196 e. The van der Waals surface area contributed by atoms with Gasteiger partial charge >= 0.3 is 0 Å². The van der Waals surface area contributed by atoms with E-state index in [1.165, 1.54) is 5.57 Å².